The molecule has 0 aromatic heterocycles. The Morgan fingerprint density at radius 3 is 2.70 bits per heavy atom. The molecule has 1 saturated heterocycles. The minimum atomic E-state index is 0.0702. The van der Waals surface area contributed by atoms with Crippen LogP contribution < -0.4 is 0 Å². The number of aliphatic hydroxyl groups excluding tert-OH is 1. The first-order valence-corrected chi connectivity index (χ1v) is 7.72. The Kier molecular flexibility index (Phi) is 6.16. The lowest BCUT2D eigenvalue weighted by atomic mass is 10.1. The van der Waals surface area contributed by atoms with Crippen molar-refractivity contribution in [1.29, 1.82) is 0 Å². The number of ether oxygens (including phenoxy) is 1. The van der Waals surface area contributed by atoms with E-state index in [1.54, 1.807) is 0 Å². The van der Waals surface area contributed by atoms with Crippen LogP contribution in [0.25, 0.3) is 0 Å². The molecule has 0 amide bonds. The van der Waals surface area contributed by atoms with Gasteiger partial charge in [-0.2, -0.15) is 0 Å². The summed E-state index contributed by atoms with van der Waals surface area (Å²) in [7, 11) is 0. The Labute approximate surface area is 127 Å². The molecule has 0 saturated carbocycles. The van der Waals surface area contributed by atoms with Gasteiger partial charge < -0.3 is 9.84 Å². The number of hydrogen-bond acceptors (Lipinski definition) is 4. The smallest absolute Gasteiger partial charge is 0.177 e. The summed E-state index contributed by atoms with van der Waals surface area (Å²) in [5.74, 6) is 0.146. The Hall–Kier alpha value is -0.750. The van der Waals surface area contributed by atoms with E-state index in [1.807, 2.05) is 24.3 Å². The number of piperidine rings is 1. The number of likely N-dealkylation sites (tertiary alicyclic amines) is 1. The van der Waals surface area contributed by atoms with E-state index in [0.717, 1.165) is 36.0 Å². The molecule has 2 rings (SSSR count). The van der Waals surface area contributed by atoms with Gasteiger partial charge in [0.15, 0.2) is 5.78 Å². The second-order valence-corrected chi connectivity index (χ2v) is 5.83. The van der Waals surface area contributed by atoms with Crippen molar-refractivity contribution in [1.82, 2.24) is 4.90 Å². The molecule has 110 valence electrons. The Morgan fingerprint density at radius 1 is 1.35 bits per heavy atom. The summed E-state index contributed by atoms with van der Waals surface area (Å²) in [6.45, 7) is 2.66. The van der Waals surface area contributed by atoms with E-state index in [4.69, 9.17) is 9.84 Å². The molecule has 4 nitrogen and oxygen atoms in total. The first-order valence-electron chi connectivity index (χ1n) is 6.93. The maximum Gasteiger partial charge on any atom is 0.177 e. The number of ketones is 1. The van der Waals surface area contributed by atoms with Gasteiger partial charge in [0.05, 0.1) is 25.9 Å². The number of rotatable bonds is 6. The fourth-order valence-corrected chi connectivity index (χ4v) is 2.93. The molecule has 1 aromatic rings. The number of hydrogen-bond donors (Lipinski definition) is 1. The molecular formula is C15H20BrNO3. The van der Waals surface area contributed by atoms with Gasteiger partial charge >= 0.3 is 0 Å². The van der Waals surface area contributed by atoms with Gasteiger partial charge in [-0.25, -0.2) is 0 Å². The van der Waals surface area contributed by atoms with Crippen LogP contribution in [-0.4, -0.2) is 54.7 Å². The number of aliphatic hydroxyl groups is 1. The fourth-order valence-electron chi connectivity index (χ4n) is 2.43. The van der Waals surface area contributed by atoms with Crippen LogP contribution in [0.3, 0.4) is 0 Å². The summed E-state index contributed by atoms with van der Waals surface area (Å²) in [5.41, 5.74) is 0.742. The summed E-state index contributed by atoms with van der Waals surface area (Å²) in [6, 6.07) is 7.53. The largest absolute Gasteiger partial charge is 0.394 e. The van der Waals surface area contributed by atoms with Gasteiger partial charge in [-0.15, -0.1) is 0 Å². The van der Waals surface area contributed by atoms with Gasteiger partial charge in [0.1, 0.15) is 0 Å². The molecule has 1 aliphatic rings. The molecule has 0 bridgehead atoms. The standard InChI is InChI=1S/C15H20BrNO3/c16-14-4-2-1-3-13(14)15(19)11-17-7-5-12(6-8-17)20-10-9-18/h1-4,12,18H,5-11H2. The van der Waals surface area contributed by atoms with Crippen molar-refractivity contribution in [3.05, 3.63) is 34.3 Å². The highest BCUT2D eigenvalue weighted by Crippen LogP contribution is 2.18. The second kappa shape index (κ2) is 7.88. The molecule has 1 aliphatic heterocycles. The third-order valence-electron chi connectivity index (χ3n) is 3.52. The van der Waals surface area contributed by atoms with Crippen LogP contribution in [0.1, 0.15) is 23.2 Å². The van der Waals surface area contributed by atoms with Crippen LogP contribution in [0.15, 0.2) is 28.7 Å². The van der Waals surface area contributed by atoms with Crippen molar-refractivity contribution in [2.24, 2.45) is 0 Å². The highest BCUT2D eigenvalue weighted by Gasteiger charge is 2.22. The zero-order chi connectivity index (χ0) is 14.4. The van der Waals surface area contributed by atoms with Crippen molar-refractivity contribution in [3.63, 3.8) is 0 Å². The summed E-state index contributed by atoms with van der Waals surface area (Å²) < 4.78 is 6.37. The van der Waals surface area contributed by atoms with E-state index in [9.17, 15) is 4.79 Å². The second-order valence-electron chi connectivity index (χ2n) is 4.97. The quantitative estimate of drug-likeness (QED) is 0.805. The Bertz CT molecular complexity index is 444. The van der Waals surface area contributed by atoms with Gasteiger partial charge in [-0.1, -0.05) is 34.1 Å². The molecule has 1 fully saturated rings. The Balaban J connectivity index is 1.81. The first kappa shape index (κ1) is 15.6. The maximum absolute atomic E-state index is 12.3. The summed E-state index contributed by atoms with van der Waals surface area (Å²) >= 11 is 3.42. The lowest BCUT2D eigenvalue weighted by molar-refractivity contribution is -0.00689. The van der Waals surface area contributed by atoms with Crippen LogP contribution in [0.4, 0.5) is 0 Å². The van der Waals surface area contributed by atoms with Gasteiger partial charge in [-0.3, -0.25) is 9.69 Å². The molecule has 0 atom stereocenters. The highest BCUT2D eigenvalue weighted by atomic mass is 79.9. The average molecular weight is 342 g/mol. The molecule has 0 spiro atoms. The third kappa shape index (κ3) is 4.38. The topological polar surface area (TPSA) is 49.8 Å². The van der Waals surface area contributed by atoms with Crippen molar-refractivity contribution in [2.45, 2.75) is 18.9 Å². The molecule has 1 N–H and O–H groups in total. The van der Waals surface area contributed by atoms with Crippen LogP contribution in [0.5, 0.6) is 0 Å². The minimum Gasteiger partial charge on any atom is -0.394 e. The van der Waals surface area contributed by atoms with Crippen molar-refractivity contribution < 1.29 is 14.6 Å². The van der Waals surface area contributed by atoms with Crippen LogP contribution in [0, 0.1) is 0 Å². The van der Waals surface area contributed by atoms with Crippen molar-refractivity contribution in [2.75, 3.05) is 32.8 Å². The normalized spacial score (nSPS) is 17.3. The molecular weight excluding hydrogens is 322 g/mol. The van der Waals surface area contributed by atoms with Gasteiger partial charge in [-0.05, 0) is 18.9 Å². The minimum absolute atomic E-state index is 0.0702. The SMILES string of the molecule is O=C(CN1CCC(OCCO)CC1)c1ccccc1Br. The van der Waals surface area contributed by atoms with Crippen LogP contribution >= 0.6 is 15.9 Å². The van der Waals surface area contributed by atoms with Crippen molar-refractivity contribution in [3.8, 4) is 0 Å². The number of carbonyl (C=O) groups is 1. The number of nitrogens with zero attached hydrogens (tertiary/aromatic N) is 1. The van der Waals surface area contributed by atoms with E-state index < -0.39 is 0 Å². The third-order valence-corrected chi connectivity index (χ3v) is 4.21. The summed E-state index contributed by atoms with van der Waals surface area (Å²) in [4.78, 5) is 14.4. The monoisotopic (exact) mass is 341 g/mol. The zero-order valence-corrected chi connectivity index (χ0v) is 13.0. The predicted octanol–water partition coefficient (Wildman–Crippen LogP) is 2.11. The maximum atomic E-state index is 12.3. The lowest BCUT2D eigenvalue weighted by Gasteiger charge is -2.31. The van der Waals surface area contributed by atoms with E-state index in [1.165, 1.54) is 0 Å². The number of halogens is 1. The van der Waals surface area contributed by atoms with E-state index in [2.05, 4.69) is 20.8 Å². The first-order chi connectivity index (χ1) is 9.70. The van der Waals surface area contributed by atoms with Crippen LogP contribution in [-0.2, 0) is 4.74 Å². The molecule has 0 unspecified atom stereocenters. The Morgan fingerprint density at radius 2 is 2.05 bits per heavy atom. The number of Topliss-reactive ketones (excluding diaryl/α,β-unsaturated/α-hetero) is 1. The molecule has 1 aromatic carbocycles. The average Bonchev–Trinajstić information content (AvgIpc) is 2.47. The van der Waals surface area contributed by atoms with Gasteiger partial charge in [0, 0.05) is 23.1 Å². The molecule has 0 aliphatic carbocycles. The molecule has 1 heterocycles. The highest BCUT2D eigenvalue weighted by molar-refractivity contribution is 9.10. The van der Waals surface area contributed by atoms with E-state index >= 15 is 0 Å². The van der Waals surface area contributed by atoms with Gasteiger partial charge in [0.25, 0.3) is 0 Å². The summed E-state index contributed by atoms with van der Waals surface area (Å²) in [6.07, 6.45) is 2.06. The van der Waals surface area contributed by atoms with Crippen LogP contribution in [0.2, 0.25) is 0 Å². The summed E-state index contributed by atoms with van der Waals surface area (Å²) in [5, 5.41) is 8.74. The van der Waals surface area contributed by atoms with E-state index in [-0.39, 0.29) is 18.5 Å². The molecule has 5 heteroatoms. The molecule has 20 heavy (non-hydrogen) atoms. The van der Waals surface area contributed by atoms with Crippen molar-refractivity contribution >= 4 is 21.7 Å². The molecule has 0 radical (unpaired) electrons. The lowest BCUT2D eigenvalue weighted by Crippen LogP contribution is -2.40. The fraction of sp³-hybridized carbons (Fsp3) is 0.533. The predicted molar refractivity (Wildman–Crippen MR) is 81.0 cm³/mol. The van der Waals surface area contributed by atoms with Gasteiger partial charge in [0.2, 0.25) is 0 Å². The van der Waals surface area contributed by atoms with E-state index in [0.29, 0.717) is 13.2 Å². The number of carbonyl (C=O) groups excluding carboxylic acids is 1. The number of benzene rings is 1. The zero-order valence-electron chi connectivity index (χ0n) is 11.4.